The minimum absolute atomic E-state index is 0.245. The number of carbonyl (C=O) groups excluding carboxylic acids is 2. The van der Waals surface area contributed by atoms with Gasteiger partial charge < -0.3 is 4.74 Å². The molecule has 0 saturated carbocycles. The van der Waals surface area contributed by atoms with E-state index in [1.54, 1.807) is 6.08 Å². The van der Waals surface area contributed by atoms with Gasteiger partial charge in [-0.25, -0.2) is 0 Å². The summed E-state index contributed by atoms with van der Waals surface area (Å²) in [4.78, 5) is 27.1. The van der Waals surface area contributed by atoms with Crippen LogP contribution in [-0.2, 0) is 11.3 Å². The summed E-state index contributed by atoms with van der Waals surface area (Å²) in [6.45, 7) is 2.76. The predicted molar refractivity (Wildman–Crippen MR) is 113 cm³/mol. The molecular weight excluding hydrogens is 370 g/mol. The number of imide groups is 1. The minimum atomic E-state index is -0.259. The summed E-state index contributed by atoms with van der Waals surface area (Å²) < 4.78 is 5.50. The summed E-state index contributed by atoms with van der Waals surface area (Å²) in [6.07, 6.45) is 1.75. The molecule has 1 aliphatic rings. The number of carbonyl (C=O) groups is 2. The zero-order valence-corrected chi connectivity index (χ0v) is 16.2. The van der Waals surface area contributed by atoms with Gasteiger partial charge in [-0.2, -0.15) is 0 Å². The van der Waals surface area contributed by atoms with E-state index in [-0.39, 0.29) is 17.7 Å². The monoisotopic (exact) mass is 389 g/mol. The largest absolute Gasteiger partial charge is 0.494 e. The van der Waals surface area contributed by atoms with E-state index in [2.05, 4.69) is 0 Å². The van der Waals surface area contributed by atoms with Crippen molar-refractivity contribution in [1.82, 2.24) is 4.90 Å². The number of amides is 2. The number of benzene rings is 3. The first-order valence-electron chi connectivity index (χ1n) is 9.10. The van der Waals surface area contributed by atoms with E-state index >= 15 is 0 Å². The first kappa shape index (κ1) is 18.3. The Kier molecular flexibility index (Phi) is 5.17. The van der Waals surface area contributed by atoms with Crippen LogP contribution in [-0.4, -0.2) is 22.7 Å². The van der Waals surface area contributed by atoms with Crippen LogP contribution in [0.15, 0.2) is 71.6 Å². The smallest absolute Gasteiger partial charge is 0.293 e. The molecule has 0 atom stereocenters. The molecule has 0 bridgehead atoms. The second kappa shape index (κ2) is 7.90. The highest BCUT2D eigenvalue weighted by Gasteiger charge is 2.35. The molecule has 0 N–H and O–H groups in total. The van der Waals surface area contributed by atoms with Gasteiger partial charge in [0.2, 0.25) is 0 Å². The van der Waals surface area contributed by atoms with E-state index in [1.165, 1.54) is 4.90 Å². The molecule has 1 aliphatic heterocycles. The van der Waals surface area contributed by atoms with Crippen molar-refractivity contribution in [1.29, 1.82) is 0 Å². The van der Waals surface area contributed by atoms with Crippen molar-refractivity contribution in [2.75, 3.05) is 6.61 Å². The lowest BCUT2D eigenvalue weighted by molar-refractivity contribution is -0.123. The van der Waals surface area contributed by atoms with E-state index in [9.17, 15) is 9.59 Å². The molecule has 1 heterocycles. The van der Waals surface area contributed by atoms with Crippen LogP contribution in [0.25, 0.3) is 16.8 Å². The number of hydrogen-bond donors (Lipinski definition) is 0. The molecule has 0 aliphatic carbocycles. The van der Waals surface area contributed by atoms with Gasteiger partial charge in [0.25, 0.3) is 11.1 Å². The van der Waals surface area contributed by atoms with Crippen molar-refractivity contribution >= 4 is 39.8 Å². The normalized spacial score (nSPS) is 15.6. The second-order valence-corrected chi connectivity index (χ2v) is 7.40. The van der Waals surface area contributed by atoms with Gasteiger partial charge in [0.15, 0.2) is 0 Å². The molecule has 5 heteroatoms. The Balaban J connectivity index is 1.60. The number of thioether (sulfide) groups is 1. The van der Waals surface area contributed by atoms with Gasteiger partial charge in [0, 0.05) is 0 Å². The molecule has 28 heavy (non-hydrogen) atoms. The third-order valence-corrected chi connectivity index (χ3v) is 5.46. The van der Waals surface area contributed by atoms with Gasteiger partial charge in [-0.1, -0.05) is 54.6 Å². The summed E-state index contributed by atoms with van der Waals surface area (Å²) in [7, 11) is 0. The Morgan fingerprint density at radius 1 is 1.00 bits per heavy atom. The Labute approximate surface area is 167 Å². The van der Waals surface area contributed by atoms with Gasteiger partial charge >= 0.3 is 0 Å². The van der Waals surface area contributed by atoms with Crippen LogP contribution >= 0.6 is 11.8 Å². The van der Waals surface area contributed by atoms with Crippen LogP contribution < -0.4 is 4.74 Å². The van der Waals surface area contributed by atoms with Gasteiger partial charge in [-0.3, -0.25) is 14.5 Å². The maximum atomic E-state index is 12.9. The zero-order chi connectivity index (χ0) is 19.5. The van der Waals surface area contributed by atoms with E-state index in [4.69, 9.17) is 4.74 Å². The molecule has 0 spiro atoms. The fourth-order valence-corrected chi connectivity index (χ4v) is 4.09. The third kappa shape index (κ3) is 3.66. The van der Waals surface area contributed by atoms with Crippen LogP contribution in [0, 0.1) is 0 Å². The second-order valence-electron chi connectivity index (χ2n) is 6.41. The number of rotatable bonds is 5. The molecule has 1 fully saturated rings. The highest BCUT2D eigenvalue weighted by atomic mass is 32.2. The summed E-state index contributed by atoms with van der Waals surface area (Å²) in [5, 5.41) is 1.90. The summed E-state index contributed by atoms with van der Waals surface area (Å²) in [5.74, 6) is 0.482. The quantitative estimate of drug-likeness (QED) is 0.543. The SMILES string of the molecule is CCOc1cccc(/C=C2\SC(=O)N(Cc3cccc4ccccc34)C2=O)c1. The lowest BCUT2D eigenvalue weighted by atomic mass is 10.0. The molecule has 0 unspecified atom stereocenters. The Hall–Kier alpha value is -3.05. The van der Waals surface area contributed by atoms with Crippen molar-refractivity contribution in [3.05, 3.63) is 82.8 Å². The Bertz CT molecular complexity index is 1080. The molecule has 140 valence electrons. The highest BCUT2D eigenvalue weighted by molar-refractivity contribution is 8.18. The molecule has 4 rings (SSSR count). The fraction of sp³-hybridized carbons (Fsp3) is 0.130. The summed E-state index contributed by atoms with van der Waals surface area (Å²) >= 11 is 0.978. The molecule has 2 amide bonds. The fourth-order valence-electron chi connectivity index (χ4n) is 3.25. The van der Waals surface area contributed by atoms with E-state index in [0.717, 1.165) is 39.4 Å². The van der Waals surface area contributed by atoms with Crippen molar-refractivity contribution in [3.63, 3.8) is 0 Å². The summed E-state index contributed by atoms with van der Waals surface area (Å²) in [5.41, 5.74) is 1.79. The molecule has 3 aromatic carbocycles. The number of hydrogen-bond acceptors (Lipinski definition) is 4. The van der Waals surface area contributed by atoms with Gasteiger partial charge in [-0.15, -0.1) is 0 Å². The molecule has 4 nitrogen and oxygen atoms in total. The molecule has 1 saturated heterocycles. The van der Waals surface area contributed by atoms with Crippen molar-refractivity contribution < 1.29 is 14.3 Å². The van der Waals surface area contributed by atoms with Crippen LogP contribution in [0.2, 0.25) is 0 Å². The number of ether oxygens (including phenoxy) is 1. The average Bonchev–Trinajstić information content (AvgIpc) is 2.96. The lowest BCUT2D eigenvalue weighted by Gasteiger charge is -2.14. The maximum absolute atomic E-state index is 12.9. The van der Waals surface area contributed by atoms with E-state index in [1.807, 2.05) is 73.7 Å². The van der Waals surface area contributed by atoms with E-state index < -0.39 is 0 Å². The van der Waals surface area contributed by atoms with Crippen LogP contribution in [0.3, 0.4) is 0 Å². The Morgan fingerprint density at radius 3 is 2.64 bits per heavy atom. The minimum Gasteiger partial charge on any atom is -0.494 e. The topological polar surface area (TPSA) is 46.6 Å². The van der Waals surface area contributed by atoms with Gasteiger partial charge in [-0.05, 0) is 58.8 Å². The third-order valence-electron chi connectivity index (χ3n) is 4.55. The first-order valence-corrected chi connectivity index (χ1v) is 9.92. The van der Waals surface area contributed by atoms with Crippen LogP contribution in [0.1, 0.15) is 18.1 Å². The van der Waals surface area contributed by atoms with Crippen LogP contribution in [0.5, 0.6) is 5.75 Å². The molecule has 0 radical (unpaired) electrons. The van der Waals surface area contributed by atoms with Crippen molar-refractivity contribution in [2.24, 2.45) is 0 Å². The highest BCUT2D eigenvalue weighted by Crippen LogP contribution is 2.34. The van der Waals surface area contributed by atoms with Gasteiger partial charge in [0.05, 0.1) is 18.1 Å². The number of fused-ring (bicyclic) bond motifs is 1. The van der Waals surface area contributed by atoms with Gasteiger partial charge in [0.1, 0.15) is 5.75 Å². The number of nitrogens with zero attached hydrogens (tertiary/aromatic N) is 1. The zero-order valence-electron chi connectivity index (χ0n) is 15.4. The standard InChI is InChI=1S/C23H19NO3S/c1-2-27-19-11-5-7-16(13-19)14-21-22(25)24(23(26)28-21)15-18-10-6-9-17-8-3-4-12-20(17)18/h3-14H,2,15H2,1H3/b21-14-. The lowest BCUT2D eigenvalue weighted by Crippen LogP contribution is -2.27. The summed E-state index contributed by atoms with van der Waals surface area (Å²) in [6, 6.07) is 21.4. The molecule has 3 aromatic rings. The van der Waals surface area contributed by atoms with Crippen LogP contribution in [0.4, 0.5) is 4.79 Å². The first-order chi connectivity index (χ1) is 13.7. The van der Waals surface area contributed by atoms with E-state index in [0.29, 0.717) is 11.5 Å². The Morgan fingerprint density at radius 2 is 1.79 bits per heavy atom. The van der Waals surface area contributed by atoms with Crippen molar-refractivity contribution in [2.45, 2.75) is 13.5 Å². The molecular formula is C23H19NO3S. The predicted octanol–water partition coefficient (Wildman–Crippen LogP) is 5.48. The molecule has 0 aromatic heterocycles. The maximum Gasteiger partial charge on any atom is 0.293 e. The average molecular weight is 389 g/mol. The van der Waals surface area contributed by atoms with Crippen molar-refractivity contribution in [3.8, 4) is 5.75 Å².